The average Bonchev–Trinajstić information content (AvgIpc) is 2.84. The zero-order chi connectivity index (χ0) is 27.8. The summed E-state index contributed by atoms with van der Waals surface area (Å²) in [4.78, 5) is 28.5. The number of benzene rings is 3. The predicted molar refractivity (Wildman–Crippen MR) is 145 cm³/mol. The molecule has 3 aromatic carbocycles. The molecule has 1 aliphatic heterocycles. The number of aryl methyl sites for hydroxylation is 1. The van der Waals surface area contributed by atoms with E-state index in [-0.39, 0.29) is 12.0 Å². The molecule has 38 heavy (non-hydrogen) atoms. The highest BCUT2D eigenvalue weighted by Gasteiger charge is 2.23. The zero-order valence-corrected chi connectivity index (χ0v) is 22.1. The number of hydrogen-bond acceptors (Lipinski definition) is 5. The van der Waals surface area contributed by atoms with Crippen LogP contribution in [0.25, 0.3) is 32.8 Å². The number of amides is 1. The fourth-order valence-corrected chi connectivity index (χ4v) is 4.70. The fourth-order valence-electron chi connectivity index (χ4n) is 4.70. The summed E-state index contributed by atoms with van der Waals surface area (Å²) in [6.45, 7) is 7.63. The summed E-state index contributed by atoms with van der Waals surface area (Å²) in [5.74, 6) is -1.45. The minimum absolute atomic E-state index is 0.0650. The van der Waals surface area contributed by atoms with Crippen LogP contribution >= 0.6 is 0 Å². The van der Waals surface area contributed by atoms with Crippen molar-refractivity contribution in [1.82, 2.24) is 10.3 Å². The minimum Gasteiger partial charge on any atom is -0.493 e. The first-order valence-corrected chi connectivity index (χ1v) is 12.3. The lowest BCUT2D eigenvalue weighted by Crippen LogP contribution is -2.19. The number of fused-ring (bicyclic) bond motifs is 1. The lowest BCUT2D eigenvalue weighted by molar-refractivity contribution is -0.136. The van der Waals surface area contributed by atoms with Crippen LogP contribution in [-0.4, -0.2) is 46.3 Å². The van der Waals surface area contributed by atoms with Gasteiger partial charge in [-0.1, -0.05) is 6.07 Å². The molecule has 0 fully saturated rings. The summed E-state index contributed by atoms with van der Waals surface area (Å²) in [7, 11) is 1.45. The zero-order valence-electron chi connectivity index (χ0n) is 22.1. The molecule has 5 rings (SSSR count). The number of ether oxygens (including phenoxy) is 1. The molecule has 0 bridgehead atoms. The van der Waals surface area contributed by atoms with Gasteiger partial charge in [-0.3, -0.25) is 14.6 Å². The van der Waals surface area contributed by atoms with E-state index in [9.17, 15) is 14.7 Å². The summed E-state index contributed by atoms with van der Waals surface area (Å²) in [5, 5.41) is 22.7. The smallest absolute Gasteiger partial charge is 0.307 e. The number of nitrogens with one attached hydrogen (secondary N) is 1. The SMILES string of the molecule is CC(C)(C)O.CNC(=O)c1cc2cc(C)c(CC(=O)O)c(-c3ccc4c5c(ccnc35)CCO4)c2cc1F. The highest BCUT2D eigenvalue weighted by molar-refractivity contribution is 6.10. The lowest BCUT2D eigenvalue weighted by atomic mass is 9.86. The number of aliphatic carboxylic acids is 1. The second-order valence-corrected chi connectivity index (χ2v) is 10.3. The molecule has 0 spiro atoms. The normalized spacial score (nSPS) is 12.5. The highest BCUT2D eigenvalue weighted by atomic mass is 19.1. The van der Waals surface area contributed by atoms with Gasteiger partial charge in [-0.15, -0.1) is 0 Å². The van der Waals surface area contributed by atoms with Gasteiger partial charge < -0.3 is 20.3 Å². The Kier molecular flexibility index (Phi) is 7.37. The van der Waals surface area contributed by atoms with Crippen molar-refractivity contribution in [2.45, 2.75) is 46.1 Å². The van der Waals surface area contributed by atoms with Crippen molar-refractivity contribution in [2.24, 2.45) is 0 Å². The van der Waals surface area contributed by atoms with Crippen molar-refractivity contribution in [2.75, 3.05) is 13.7 Å². The number of carbonyl (C=O) groups excluding carboxylic acids is 1. The average molecular weight is 519 g/mol. The van der Waals surface area contributed by atoms with Crippen LogP contribution in [0.3, 0.4) is 0 Å². The van der Waals surface area contributed by atoms with Gasteiger partial charge in [0.2, 0.25) is 0 Å². The summed E-state index contributed by atoms with van der Waals surface area (Å²) >= 11 is 0. The number of halogens is 1. The highest BCUT2D eigenvalue weighted by Crippen LogP contribution is 2.42. The first kappa shape index (κ1) is 27.0. The Hall–Kier alpha value is -4.04. The third-order valence-electron chi connectivity index (χ3n) is 6.20. The van der Waals surface area contributed by atoms with E-state index in [0.717, 1.165) is 28.7 Å². The topological polar surface area (TPSA) is 109 Å². The molecule has 0 aliphatic carbocycles. The largest absolute Gasteiger partial charge is 0.493 e. The van der Waals surface area contributed by atoms with Gasteiger partial charge in [0.25, 0.3) is 5.91 Å². The van der Waals surface area contributed by atoms with Crippen LogP contribution in [0.4, 0.5) is 4.39 Å². The van der Waals surface area contributed by atoms with Crippen molar-refractivity contribution < 1.29 is 28.9 Å². The maximum Gasteiger partial charge on any atom is 0.307 e. The van der Waals surface area contributed by atoms with Gasteiger partial charge in [0.1, 0.15) is 11.6 Å². The van der Waals surface area contributed by atoms with E-state index in [1.165, 1.54) is 19.2 Å². The van der Waals surface area contributed by atoms with Crippen LogP contribution in [-0.2, 0) is 17.6 Å². The fraction of sp³-hybridized carbons (Fsp3) is 0.300. The van der Waals surface area contributed by atoms with Crippen LogP contribution in [0.1, 0.15) is 47.8 Å². The van der Waals surface area contributed by atoms with Crippen molar-refractivity contribution in [3.8, 4) is 16.9 Å². The van der Waals surface area contributed by atoms with Gasteiger partial charge in [0, 0.05) is 30.6 Å². The quantitative estimate of drug-likeness (QED) is 0.343. The van der Waals surface area contributed by atoms with Crippen molar-refractivity contribution in [3.63, 3.8) is 0 Å². The van der Waals surface area contributed by atoms with Crippen LogP contribution in [0.15, 0.2) is 42.6 Å². The molecular weight excluding hydrogens is 487 g/mol. The van der Waals surface area contributed by atoms with E-state index in [0.29, 0.717) is 39.6 Å². The Bertz CT molecular complexity index is 1560. The molecule has 7 nitrogen and oxygen atoms in total. The molecule has 1 amide bonds. The molecule has 8 heteroatoms. The van der Waals surface area contributed by atoms with E-state index in [2.05, 4.69) is 10.3 Å². The van der Waals surface area contributed by atoms with E-state index in [1.54, 1.807) is 33.0 Å². The Morgan fingerprint density at radius 2 is 1.87 bits per heavy atom. The molecular formula is C30H31FN2O5. The van der Waals surface area contributed by atoms with Gasteiger partial charge >= 0.3 is 5.97 Å². The molecule has 1 aromatic heterocycles. The Balaban J connectivity index is 0.000000617. The minimum atomic E-state index is -0.986. The maximum absolute atomic E-state index is 15.0. The lowest BCUT2D eigenvalue weighted by Gasteiger charge is -2.22. The van der Waals surface area contributed by atoms with Gasteiger partial charge in [0.05, 0.1) is 29.7 Å². The summed E-state index contributed by atoms with van der Waals surface area (Å²) in [6, 6.07) is 10.3. The van der Waals surface area contributed by atoms with Gasteiger partial charge in [-0.25, -0.2) is 4.39 Å². The summed E-state index contributed by atoms with van der Waals surface area (Å²) < 4.78 is 20.9. The number of nitrogens with zero attached hydrogens (tertiary/aromatic N) is 1. The number of pyridine rings is 1. The van der Waals surface area contributed by atoms with Crippen LogP contribution < -0.4 is 10.1 Å². The standard InChI is InChI=1S/C26H21FN2O4.C4H10O/c1-13-9-15-10-19(26(32)28-2)20(27)11-18(15)24(17(13)12-22(30)31)16-3-4-21-23-14(6-8-33-21)5-7-29-25(16)23;1-4(2,3)5/h3-5,7,9-11H,6,8,12H2,1-2H3,(H,28,32)(H,30,31);5H,1-3H3. The molecule has 0 atom stereocenters. The molecule has 2 heterocycles. The number of carboxylic acid groups (broad SMARTS) is 1. The van der Waals surface area contributed by atoms with Crippen LogP contribution in [0.5, 0.6) is 5.75 Å². The van der Waals surface area contributed by atoms with Gasteiger partial charge in [-0.2, -0.15) is 0 Å². The van der Waals surface area contributed by atoms with Gasteiger partial charge in [0.15, 0.2) is 0 Å². The van der Waals surface area contributed by atoms with E-state index >= 15 is 4.39 Å². The second kappa shape index (κ2) is 10.4. The second-order valence-electron chi connectivity index (χ2n) is 10.3. The Morgan fingerprint density at radius 1 is 1.16 bits per heavy atom. The first-order chi connectivity index (χ1) is 17.9. The monoisotopic (exact) mass is 518 g/mol. The molecule has 0 saturated heterocycles. The van der Waals surface area contributed by atoms with Crippen molar-refractivity contribution >= 4 is 33.6 Å². The number of aliphatic hydroxyl groups is 1. The van der Waals surface area contributed by atoms with Gasteiger partial charge in [-0.05, 0) is 91.1 Å². The number of carboxylic acids is 1. The predicted octanol–water partition coefficient (Wildman–Crippen LogP) is 5.20. The molecule has 0 unspecified atom stereocenters. The first-order valence-electron chi connectivity index (χ1n) is 12.3. The van der Waals surface area contributed by atoms with Crippen LogP contribution in [0, 0.1) is 12.7 Å². The summed E-state index contributed by atoms with van der Waals surface area (Å²) in [5.41, 5.74) is 3.86. The molecule has 0 radical (unpaired) electrons. The Labute approximate surface area is 220 Å². The molecule has 1 aliphatic rings. The molecule has 198 valence electrons. The number of aromatic nitrogens is 1. The van der Waals surface area contributed by atoms with E-state index in [1.807, 2.05) is 25.1 Å². The maximum atomic E-state index is 15.0. The van der Waals surface area contributed by atoms with Crippen LogP contribution in [0.2, 0.25) is 0 Å². The third-order valence-corrected chi connectivity index (χ3v) is 6.20. The molecule has 4 aromatic rings. The third kappa shape index (κ3) is 5.45. The van der Waals surface area contributed by atoms with Crippen molar-refractivity contribution in [1.29, 1.82) is 0 Å². The van der Waals surface area contributed by atoms with Crippen molar-refractivity contribution in [3.05, 3.63) is 70.7 Å². The number of hydrogen-bond donors (Lipinski definition) is 3. The molecule has 3 N–H and O–H groups in total. The number of rotatable bonds is 4. The van der Waals surface area contributed by atoms with E-state index in [4.69, 9.17) is 9.84 Å². The Morgan fingerprint density at radius 3 is 2.53 bits per heavy atom. The number of carbonyl (C=O) groups is 2. The molecule has 0 saturated carbocycles. The summed E-state index contributed by atoms with van der Waals surface area (Å²) in [6.07, 6.45) is 2.25. The van der Waals surface area contributed by atoms with E-state index < -0.39 is 23.3 Å².